The number of aromatic nitrogens is 2. The van der Waals surface area contributed by atoms with E-state index in [9.17, 15) is 0 Å². The van der Waals surface area contributed by atoms with Gasteiger partial charge in [-0.3, -0.25) is 0 Å². The molecule has 0 aliphatic heterocycles. The zero-order valence-corrected chi connectivity index (χ0v) is 25.6. The van der Waals surface area contributed by atoms with Crippen molar-refractivity contribution in [1.29, 1.82) is 0 Å². The highest BCUT2D eigenvalue weighted by atomic mass is 79.9. The van der Waals surface area contributed by atoms with E-state index in [0.717, 1.165) is 59.5 Å². The van der Waals surface area contributed by atoms with Crippen LogP contribution in [0.5, 0.6) is 11.5 Å². The summed E-state index contributed by atoms with van der Waals surface area (Å²) in [5.74, 6) is 1.75. The van der Waals surface area contributed by atoms with Crippen LogP contribution in [-0.2, 0) is 19.4 Å². The van der Waals surface area contributed by atoms with Crippen LogP contribution in [0.15, 0.2) is 117 Å². The first kappa shape index (κ1) is 30.6. The summed E-state index contributed by atoms with van der Waals surface area (Å²) in [7, 11) is 1.70. The van der Waals surface area contributed by atoms with Crippen LogP contribution in [-0.4, -0.2) is 18.7 Å². The van der Waals surface area contributed by atoms with Crippen LogP contribution in [0.4, 0.5) is 0 Å². The number of fused-ring (bicyclic) bond motifs is 1. The van der Waals surface area contributed by atoms with Crippen molar-refractivity contribution in [2.24, 2.45) is 0 Å². The average Bonchev–Trinajstić information content (AvgIpc) is 3.43. The predicted molar refractivity (Wildman–Crippen MR) is 170 cm³/mol. The van der Waals surface area contributed by atoms with Gasteiger partial charge >= 0.3 is 0 Å². The monoisotopic (exact) mass is 620 g/mol. The van der Waals surface area contributed by atoms with Gasteiger partial charge in [0.25, 0.3) is 0 Å². The Morgan fingerprint density at radius 1 is 0.857 bits per heavy atom. The molecule has 0 saturated carbocycles. The number of aryl methyl sites for hydroxylation is 1. The molecule has 1 N–H and O–H groups in total. The van der Waals surface area contributed by atoms with Gasteiger partial charge in [0.1, 0.15) is 11.5 Å². The molecule has 0 unspecified atom stereocenters. The number of methoxy groups -OCH3 is 1. The van der Waals surface area contributed by atoms with Gasteiger partial charge in [0.2, 0.25) is 0 Å². The fourth-order valence-electron chi connectivity index (χ4n) is 5.06. The first-order valence-corrected chi connectivity index (χ1v) is 14.1. The molecule has 2 heterocycles. The molecule has 5 aromatic rings. The summed E-state index contributed by atoms with van der Waals surface area (Å²) in [6, 6.07) is 25.3. The molecule has 0 fully saturated rings. The number of allylic oxidation sites excluding steroid dienone is 2. The molecule has 214 valence electrons. The third-order valence-electron chi connectivity index (χ3n) is 7.19. The molecule has 4 nitrogen and oxygen atoms in total. The molecule has 0 atom stereocenters. The maximum absolute atomic E-state index is 6.34. The molecule has 42 heavy (non-hydrogen) atoms. The van der Waals surface area contributed by atoms with Crippen LogP contribution in [0, 0.1) is 0 Å². The number of nitrogens with one attached hydrogen (secondary N) is 1. The number of nitrogens with zero attached hydrogens (tertiary/aromatic N) is 1. The minimum atomic E-state index is 0. The van der Waals surface area contributed by atoms with E-state index in [4.69, 9.17) is 9.47 Å². The van der Waals surface area contributed by atoms with Crippen LogP contribution in [0.2, 0.25) is 0 Å². The van der Waals surface area contributed by atoms with E-state index < -0.39 is 0 Å². The van der Waals surface area contributed by atoms with Crippen molar-refractivity contribution < 1.29 is 31.0 Å². The molecule has 0 amide bonds. The Balaban J connectivity index is 0.00000405. The SMILES string of the molecule is C=CCc1ccc(OCCC[n+]2ccc(/C=C/c3c[nH]c4ccccc34)cc2)c(-c2ccc(OC)c(CC=C)c2)c1.[Br-]. The number of para-hydroxylation sites is 1. The second-order valence-corrected chi connectivity index (χ2v) is 10.0. The van der Waals surface area contributed by atoms with Crippen molar-refractivity contribution >= 4 is 23.1 Å². The molecule has 5 rings (SSSR count). The molecule has 0 radical (unpaired) electrons. The van der Waals surface area contributed by atoms with Gasteiger partial charge in [0.15, 0.2) is 18.9 Å². The lowest BCUT2D eigenvalue weighted by molar-refractivity contribution is -0.697. The molecular weight excluding hydrogens is 584 g/mol. The van der Waals surface area contributed by atoms with Crippen molar-refractivity contribution in [3.63, 3.8) is 0 Å². The molecule has 2 aromatic heterocycles. The van der Waals surface area contributed by atoms with Crippen molar-refractivity contribution in [2.75, 3.05) is 13.7 Å². The van der Waals surface area contributed by atoms with E-state index in [0.29, 0.717) is 6.61 Å². The lowest BCUT2D eigenvalue weighted by Crippen LogP contribution is -3.00. The van der Waals surface area contributed by atoms with E-state index in [1.165, 1.54) is 22.1 Å². The number of hydrogen-bond donors (Lipinski definition) is 1. The number of pyridine rings is 1. The predicted octanol–water partition coefficient (Wildman–Crippen LogP) is 5.23. The molecule has 0 aliphatic carbocycles. The largest absolute Gasteiger partial charge is 1.00 e. The van der Waals surface area contributed by atoms with Crippen LogP contribution >= 0.6 is 0 Å². The zero-order chi connectivity index (χ0) is 28.4. The Bertz CT molecular complexity index is 1670. The van der Waals surface area contributed by atoms with Gasteiger partial charge in [-0.15, -0.1) is 13.2 Å². The van der Waals surface area contributed by atoms with Gasteiger partial charge < -0.3 is 31.4 Å². The summed E-state index contributed by atoms with van der Waals surface area (Å²) >= 11 is 0. The summed E-state index contributed by atoms with van der Waals surface area (Å²) in [5.41, 5.74) is 8.02. The summed E-state index contributed by atoms with van der Waals surface area (Å²) in [6.45, 7) is 9.31. The third-order valence-corrected chi connectivity index (χ3v) is 7.19. The molecule has 0 aliphatic rings. The van der Waals surface area contributed by atoms with E-state index >= 15 is 0 Å². The fraction of sp³-hybridized carbons (Fsp3) is 0.162. The lowest BCUT2D eigenvalue weighted by Gasteiger charge is -2.15. The van der Waals surface area contributed by atoms with Crippen molar-refractivity contribution in [3.8, 4) is 22.6 Å². The Kier molecular flexibility index (Phi) is 11.0. The first-order chi connectivity index (χ1) is 20.2. The summed E-state index contributed by atoms with van der Waals surface area (Å²) in [4.78, 5) is 3.33. The van der Waals surface area contributed by atoms with Gasteiger partial charge in [-0.05, 0) is 71.0 Å². The Morgan fingerprint density at radius 2 is 1.64 bits per heavy atom. The normalized spacial score (nSPS) is 10.9. The maximum atomic E-state index is 6.34. The summed E-state index contributed by atoms with van der Waals surface area (Å²) in [6.07, 6.45) is 16.9. The van der Waals surface area contributed by atoms with E-state index in [1.807, 2.05) is 24.3 Å². The van der Waals surface area contributed by atoms with Crippen molar-refractivity contribution in [2.45, 2.75) is 25.8 Å². The van der Waals surface area contributed by atoms with Crippen LogP contribution in [0.1, 0.15) is 28.7 Å². The van der Waals surface area contributed by atoms with Gasteiger partial charge in [-0.2, -0.15) is 0 Å². The molecule has 0 bridgehead atoms. The van der Waals surface area contributed by atoms with Gasteiger partial charge in [0, 0.05) is 41.2 Å². The Morgan fingerprint density at radius 3 is 2.43 bits per heavy atom. The third kappa shape index (κ3) is 7.48. The molecular formula is C37H37BrN2O2. The highest BCUT2D eigenvalue weighted by molar-refractivity contribution is 5.91. The number of hydrogen-bond acceptors (Lipinski definition) is 2. The van der Waals surface area contributed by atoms with Gasteiger partial charge in [-0.1, -0.05) is 54.6 Å². The molecule has 3 aromatic carbocycles. The average molecular weight is 622 g/mol. The van der Waals surface area contributed by atoms with Crippen molar-refractivity contribution in [3.05, 3.63) is 139 Å². The summed E-state index contributed by atoms with van der Waals surface area (Å²) in [5, 5.41) is 1.23. The topological polar surface area (TPSA) is 38.1 Å². The van der Waals surface area contributed by atoms with Gasteiger partial charge in [-0.25, -0.2) is 4.57 Å². The smallest absolute Gasteiger partial charge is 0.169 e. The number of aromatic amines is 1. The number of rotatable bonds is 13. The standard InChI is InChI=1S/C37H36N2O2.BrH/c1-4-9-29-14-17-37(34(25-29)30-16-18-36(40-3)31(26-30)10-5-2)41-24-8-21-39-22-19-28(20-23-39)13-15-32-27-38-35-12-7-6-11-33(32)35;/h4-7,11-20,22-23,25-27H,1-2,8-10,21,24H2,3H3;1H. The zero-order valence-electron chi connectivity index (χ0n) is 24.1. The lowest BCUT2D eigenvalue weighted by atomic mass is 9.97. The minimum absolute atomic E-state index is 0. The van der Waals surface area contributed by atoms with Crippen LogP contribution in [0.25, 0.3) is 34.2 Å². The van der Waals surface area contributed by atoms with Gasteiger partial charge in [0.05, 0.1) is 13.7 Å². The van der Waals surface area contributed by atoms with E-state index in [-0.39, 0.29) is 17.0 Å². The Hall–Kier alpha value is -4.35. The van der Waals surface area contributed by atoms with Crippen LogP contribution in [0.3, 0.4) is 0 Å². The van der Waals surface area contributed by atoms with E-state index in [1.54, 1.807) is 7.11 Å². The fourth-order valence-corrected chi connectivity index (χ4v) is 5.06. The highest BCUT2D eigenvalue weighted by Crippen LogP contribution is 2.34. The van der Waals surface area contributed by atoms with Crippen LogP contribution < -0.4 is 31.0 Å². The molecule has 0 saturated heterocycles. The second-order valence-electron chi connectivity index (χ2n) is 10.0. The first-order valence-electron chi connectivity index (χ1n) is 14.1. The Labute approximate surface area is 259 Å². The number of H-pyrrole nitrogens is 1. The highest BCUT2D eigenvalue weighted by Gasteiger charge is 2.12. The second kappa shape index (κ2) is 15.0. The quantitative estimate of drug-likeness (QED) is 0.111. The van der Waals surface area contributed by atoms with E-state index in [2.05, 4.69) is 114 Å². The van der Waals surface area contributed by atoms with Crippen molar-refractivity contribution in [1.82, 2.24) is 4.98 Å². The molecule has 5 heteroatoms. The molecule has 0 spiro atoms. The number of benzene rings is 3. The maximum Gasteiger partial charge on any atom is 0.169 e. The number of halogens is 1. The number of ether oxygens (including phenoxy) is 2. The summed E-state index contributed by atoms with van der Waals surface area (Å²) < 4.78 is 14.1. The minimum Gasteiger partial charge on any atom is -1.00 e.